The molecule has 0 radical (unpaired) electrons. The second-order valence-corrected chi connectivity index (χ2v) is 4.65. The third kappa shape index (κ3) is 2.99. The van der Waals surface area contributed by atoms with E-state index in [2.05, 4.69) is 19.1 Å². The number of carboxylic acids is 1. The Kier molecular flexibility index (Phi) is 3.67. The Morgan fingerprint density at radius 1 is 1.53 bits per heavy atom. The van der Waals surface area contributed by atoms with E-state index in [9.17, 15) is 4.79 Å². The van der Waals surface area contributed by atoms with E-state index in [1.165, 1.54) is 11.1 Å². The molecule has 0 aliphatic carbocycles. The van der Waals surface area contributed by atoms with E-state index in [1.54, 1.807) is 0 Å². The number of aryl methyl sites for hydroxylation is 1. The molecule has 92 valence electrons. The van der Waals surface area contributed by atoms with Crippen LogP contribution in [0.25, 0.3) is 0 Å². The van der Waals surface area contributed by atoms with Crippen LogP contribution in [0.3, 0.4) is 0 Å². The van der Waals surface area contributed by atoms with Gasteiger partial charge in [-0.05, 0) is 42.4 Å². The lowest BCUT2D eigenvalue weighted by Gasteiger charge is -2.19. The van der Waals surface area contributed by atoms with Gasteiger partial charge in [0, 0.05) is 6.42 Å². The number of hydrogen-bond donors (Lipinski definition) is 1. The van der Waals surface area contributed by atoms with Crippen LogP contribution in [-0.4, -0.2) is 17.7 Å². The molecule has 0 fully saturated rings. The molecule has 1 aromatic carbocycles. The quantitative estimate of drug-likeness (QED) is 0.871. The van der Waals surface area contributed by atoms with Crippen LogP contribution >= 0.6 is 0 Å². The van der Waals surface area contributed by atoms with Gasteiger partial charge >= 0.3 is 5.97 Å². The number of benzene rings is 1. The van der Waals surface area contributed by atoms with E-state index in [4.69, 9.17) is 9.84 Å². The maximum Gasteiger partial charge on any atom is 0.303 e. The molecule has 0 saturated carbocycles. The molecule has 1 N–H and O–H groups in total. The molecular weight excluding hydrogens is 216 g/mol. The van der Waals surface area contributed by atoms with Crippen molar-refractivity contribution in [2.45, 2.75) is 38.5 Å². The first-order valence-corrected chi connectivity index (χ1v) is 6.14. The molecular formula is C14H18O3. The first-order chi connectivity index (χ1) is 8.16. The zero-order valence-corrected chi connectivity index (χ0v) is 10.1. The van der Waals surface area contributed by atoms with Crippen LogP contribution < -0.4 is 4.74 Å². The first kappa shape index (κ1) is 12.0. The highest BCUT2D eigenvalue weighted by molar-refractivity contribution is 5.66. The summed E-state index contributed by atoms with van der Waals surface area (Å²) < 4.78 is 5.56. The van der Waals surface area contributed by atoms with Crippen LogP contribution in [0.2, 0.25) is 0 Å². The lowest BCUT2D eigenvalue weighted by Crippen LogP contribution is -2.09. The normalized spacial score (nSPS) is 15.8. The third-order valence-electron chi connectivity index (χ3n) is 3.29. The lowest BCUT2D eigenvalue weighted by molar-refractivity contribution is -0.137. The molecule has 3 nitrogen and oxygen atoms in total. The molecule has 17 heavy (non-hydrogen) atoms. The summed E-state index contributed by atoms with van der Waals surface area (Å²) >= 11 is 0. The van der Waals surface area contributed by atoms with Gasteiger partial charge in [0.05, 0.1) is 6.61 Å². The number of ether oxygens (including phenoxy) is 1. The van der Waals surface area contributed by atoms with Crippen LogP contribution in [0.1, 0.15) is 43.2 Å². The van der Waals surface area contributed by atoms with Crippen molar-refractivity contribution in [3.63, 3.8) is 0 Å². The zero-order valence-electron chi connectivity index (χ0n) is 10.1. The molecule has 1 unspecified atom stereocenters. The summed E-state index contributed by atoms with van der Waals surface area (Å²) in [7, 11) is 0. The fraction of sp³-hybridized carbons (Fsp3) is 0.500. The van der Waals surface area contributed by atoms with E-state index in [0.29, 0.717) is 12.3 Å². The van der Waals surface area contributed by atoms with Gasteiger partial charge in [0.15, 0.2) is 0 Å². The van der Waals surface area contributed by atoms with Crippen molar-refractivity contribution in [2.75, 3.05) is 6.61 Å². The van der Waals surface area contributed by atoms with Crippen molar-refractivity contribution < 1.29 is 14.6 Å². The van der Waals surface area contributed by atoms with Crippen molar-refractivity contribution in [3.05, 3.63) is 29.3 Å². The Morgan fingerprint density at radius 2 is 2.35 bits per heavy atom. The van der Waals surface area contributed by atoms with Crippen LogP contribution in [0, 0.1) is 0 Å². The molecule has 1 atom stereocenters. The fourth-order valence-corrected chi connectivity index (χ4v) is 2.19. The predicted octanol–water partition coefficient (Wildman–Crippen LogP) is 2.98. The molecule has 1 aliphatic heterocycles. The van der Waals surface area contributed by atoms with Gasteiger partial charge in [-0.25, -0.2) is 0 Å². The van der Waals surface area contributed by atoms with E-state index >= 15 is 0 Å². The average molecular weight is 234 g/mol. The Labute approximate surface area is 101 Å². The Hall–Kier alpha value is -1.51. The lowest BCUT2D eigenvalue weighted by atomic mass is 9.93. The number of carbonyl (C=O) groups is 1. The molecule has 0 aromatic heterocycles. The number of fused-ring (bicyclic) bond motifs is 1. The van der Waals surface area contributed by atoms with Crippen molar-refractivity contribution in [1.82, 2.24) is 0 Å². The SMILES string of the molecule is CC(CCC(=O)O)c1ccc2c(c1)CCCO2. The summed E-state index contributed by atoms with van der Waals surface area (Å²) in [6.45, 7) is 2.88. The second kappa shape index (κ2) is 5.21. The summed E-state index contributed by atoms with van der Waals surface area (Å²) in [6, 6.07) is 6.23. The molecule has 0 amide bonds. The van der Waals surface area contributed by atoms with Gasteiger partial charge < -0.3 is 9.84 Å². The fourth-order valence-electron chi connectivity index (χ4n) is 2.19. The van der Waals surface area contributed by atoms with Gasteiger partial charge in [-0.3, -0.25) is 4.79 Å². The van der Waals surface area contributed by atoms with E-state index < -0.39 is 5.97 Å². The van der Waals surface area contributed by atoms with Gasteiger partial charge in [0.25, 0.3) is 0 Å². The Balaban J connectivity index is 2.08. The standard InChI is InChI=1S/C14H18O3/c1-10(4-7-14(15)16)11-5-6-13-12(9-11)3-2-8-17-13/h5-6,9-10H,2-4,7-8H2,1H3,(H,15,16). The first-order valence-electron chi connectivity index (χ1n) is 6.14. The smallest absolute Gasteiger partial charge is 0.303 e. The molecule has 0 spiro atoms. The number of hydrogen-bond acceptors (Lipinski definition) is 2. The van der Waals surface area contributed by atoms with Crippen LogP contribution in [0.15, 0.2) is 18.2 Å². The monoisotopic (exact) mass is 234 g/mol. The topological polar surface area (TPSA) is 46.5 Å². The van der Waals surface area contributed by atoms with Crippen molar-refractivity contribution >= 4 is 5.97 Å². The largest absolute Gasteiger partial charge is 0.493 e. The molecule has 1 aliphatic rings. The van der Waals surface area contributed by atoms with E-state index in [0.717, 1.165) is 25.2 Å². The molecule has 0 saturated heterocycles. The maximum absolute atomic E-state index is 10.5. The van der Waals surface area contributed by atoms with Gasteiger partial charge in [-0.15, -0.1) is 0 Å². The zero-order chi connectivity index (χ0) is 12.3. The summed E-state index contributed by atoms with van der Waals surface area (Å²) in [5.41, 5.74) is 2.48. The number of carboxylic acid groups (broad SMARTS) is 1. The summed E-state index contributed by atoms with van der Waals surface area (Å²) in [5, 5.41) is 8.68. The van der Waals surface area contributed by atoms with Gasteiger partial charge in [0.1, 0.15) is 5.75 Å². The second-order valence-electron chi connectivity index (χ2n) is 4.65. The van der Waals surface area contributed by atoms with Crippen LogP contribution in [0.5, 0.6) is 5.75 Å². The highest BCUT2D eigenvalue weighted by atomic mass is 16.5. The highest BCUT2D eigenvalue weighted by Crippen LogP contribution is 2.29. The molecule has 1 aromatic rings. The summed E-state index contributed by atoms with van der Waals surface area (Å²) in [6.07, 6.45) is 3.05. The van der Waals surface area contributed by atoms with Crippen molar-refractivity contribution in [2.24, 2.45) is 0 Å². The van der Waals surface area contributed by atoms with E-state index in [-0.39, 0.29) is 6.42 Å². The average Bonchev–Trinajstić information content (AvgIpc) is 2.35. The molecule has 0 bridgehead atoms. The predicted molar refractivity (Wildman–Crippen MR) is 65.5 cm³/mol. The number of rotatable bonds is 4. The third-order valence-corrected chi connectivity index (χ3v) is 3.29. The Bertz CT molecular complexity index is 412. The van der Waals surface area contributed by atoms with Crippen molar-refractivity contribution in [1.29, 1.82) is 0 Å². The van der Waals surface area contributed by atoms with E-state index in [1.807, 2.05) is 6.07 Å². The molecule has 3 heteroatoms. The van der Waals surface area contributed by atoms with Gasteiger partial charge in [0.2, 0.25) is 0 Å². The Morgan fingerprint density at radius 3 is 3.12 bits per heavy atom. The summed E-state index contributed by atoms with van der Waals surface area (Å²) in [5.74, 6) is 0.557. The molecule has 1 heterocycles. The minimum absolute atomic E-state index is 0.231. The minimum atomic E-state index is -0.724. The molecule has 2 rings (SSSR count). The van der Waals surface area contributed by atoms with Crippen LogP contribution in [-0.2, 0) is 11.2 Å². The van der Waals surface area contributed by atoms with Crippen LogP contribution in [0.4, 0.5) is 0 Å². The highest BCUT2D eigenvalue weighted by Gasteiger charge is 2.14. The minimum Gasteiger partial charge on any atom is -0.493 e. The maximum atomic E-state index is 10.5. The number of aliphatic carboxylic acids is 1. The summed E-state index contributed by atoms with van der Waals surface area (Å²) in [4.78, 5) is 10.5. The van der Waals surface area contributed by atoms with Gasteiger partial charge in [-0.2, -0.15) is 0 Å². The van der Waals surface area contributed by atoms with Gasteiger partial charge in [-0.1, -0.05) is 19.1 Å². The van der Waals surface area contributed by atoms with Crippen molar-refractivity contribution in [3.8, 4) is 5.75 Å².